The molecule has 0 saturated carbocycles. The average molecular weight is 351 g/mol. The van der Waals surface area contributed by atoms with Crippen molar-refractivity contribution >= 4 is 32.1 Å². The molecule has 0 heterocycles. The first kappa shape index (κ1) is 16.1. The third kappa shape index (κ3) is 5.68. The van der Waals surface area contributed by atoms with Crippen LogP contribution in [0.15, 0.2) is 28.7 Å². The Balaban J connectivity index is 2.57. The summed E-state index contributed by atoms with van der Waals surface area (Å²) in [4.78, 5) is 10.4. The van der Waals surface area contributed by atoms with E-state index in [9.17, 15) is 13.2 Å². The molecule has 0 saturated heterocycles. The van der Waals surface area contributed by atoms with Gasteiger partial charge in [-0.15, -0.1) is 0 Å². The van der Waals surface area contributed by atoms with E-state index in [1.54, 1.807) is 12.1 Å². The lowest BCUT2D eigenvalue weighted by Gasteiger charge is -2.16. The zero-order valence-electron chi connectivity index (χ0n) is 10.3. The molecular formula is C11H15BrN2O4S. The number of halogens is 1. The molecule has 0 radical (unpaired) electrons. The highest BCUT2D eigenvalue weighted by Gasteiger charge is 2.17. The molecule has 0 spiro atoms. The maximum atomic E-state index is 11.8. The second-order valence-electron chi connectivity index (χ2n) is 3.92. The first-order chi connectivity index (χ1) is 8.81. The molecule has 0 aliphatic heterocycles. The lowest BCUT2D eigenvalue weighted by atomic mass is 10.2. The van der Waals surface area contributed by atoms with Crippen molar-refractivity contribution in [2.45, 2.75) is 13.0 Å². The van der Waals surface area contributed by atoms with Crippen molar-refractivity contribution in [1.29, 1.82) is 0 Å². The van der Waals surface area contributed by atoms with Crippen molar-refractivity contribution in [3.8, 4) is 0 Å². The molecule has 0 bridgehead atoms. The van der Waals surface area contributed by atoms with Crippen LogP contribution < -0.4 is 4.72 Å². The Labute approximate surface area is 120 Å². The summed E-state index contributed by atoms with van der Waals surface area (Å²) in [5, 5.41) is 8.52. The summed E-state index contributed by atoms with van der Waals surface area (Å²) in [6.45, 7) is 0.0857. The largest absolute Gasteiger partial charge is 0.481 e. The first-order valence-corrected chi connectivity index (χ1v) is 7.72. The van der Waals surface area contributed by atoms with E-state index >= 15 is 0 Å². The fourth-order valence-corrected chi connectivity index (χ4v) is 2.65. The topological polar surface area (TPSA) is 86.7 Å². The minimum atomic E-state index is -3.66. The molecule has 0 unspecified atom stereocenters. The Bertz CT molecular complexity index is 547. The number of hydrogen-bond acceptors (Lipinski definition) is 3. The SMILES string of the molecule is CN(CCC(=O)O)S(=O)(=O)NCc1cccc(Br)c1. The summed E-state index contributed by atoms with van der Waals surface area (Å²) >= 11 is 3.30. The molecular weight excluding hydrogens is 336 g/mol. The first-order valence-electron chi connectivity index (χ1n) is 5.48. The summed E-state index contributed by atoms with van der Waals surface area (Å²) in [6, 6.07) is 7.25. The molecule has 0 fully saturated rings. The molecule has 0 amide bonds. The fraction of sp³-hybridized carbons (Fsp3) is 0.364. The van der Waals surface area contributed by atoms with Crippen LogP contribution >= 0.6 is 15.9 Å². The highest BCUT2D eigenvalue weighted by Crippen LogP contribution is 2.11. The highest BCUT2D eigenvalue weighted by molar-refractivity contribution is 9.10. The van der Waals surface area contributed by atoms with Gasteiger partial charge < -0.3 is 5.11 Å². The van der Waals surface area contributed by atoms with Gasteiger partial charge in [0.1, 0.15) is 0 Å². The Kier molecular flexibility index (Phi) is 5.92. The van der Waals surface area contributed by atoms with Gasteiger partial charge in [-0.1, -0.05) is 28.1 Å². The normalized spacial score (nSPS) is 11.7. The number of aliphatic carboxylic acids is 1. The molecule has 2 N–H and O–H groups in total. The van der Waals surface area contributed by atoms with E-state index in [-0.39, 0.29) is 19.5 Å². The predicted molar refractivity (Wildman–Crippen MR) is 74.8 cm³/mol. The molecule has 8 heteroatoms. The lowest BCUT2D eigenvalue weighted by Crippen LogP contribution is -2.38. The number of nitrogens with one attached hydrogen (secondary N) is 1. The van der Waals surface area contributed by atoms with Crippen LogP contribution in [0.25, 0.3) is 0 Å². The van der Waals surface area contributed by atoms with Crippen molar-refractivity contribution in [3.05, 3.63) is 34.3 Å². The number of carboxylic acids is 1. The number of carboxylic acid groups (broad SMARTS) is 1. The van der Waals surface area contributed by atoms with Gasteiger partial charge in [0.05, 0.1) is 6.42 Å². The van der Waals surface area contributed by atoms with Gasteiger partial charge in [0.2, 0.25) is 0 Å². The van der Waals surface area contributed by atoms with Crippen LogP contribution in [0.1, 0.15) is 12.0 Å². The van der Waals surface area contributed by atoms with Crippen LogP contribution in [0.5, 0.6) is 0 Å². The predicted octanol–water partition coefficient (Wildman–Crippen LogP) is 1.19. The zero-order valence-corrected chi connectivity index (χ0v) is 12.7. The number of carbonyl (C=O) groups is 1. The second kappa shape index (κ2) is 6.99. The van der Waals surface area contributed by atoms with E-state index in [0.29, 0.717) is 0 Å². The summed E-state index contributed by atoms with van der Waals surface area (Å²) in [5.41, 5.74) is 0.810. The standard InChI is InChI=1S/C11H15BrN2O4S/c1-14(6-5-11(15)16)19(17,18)13-8-9-3-2-4-10(12)7-9/h2-4,7,13H,5-6,8H2,1H3,(H,15,16). The van der Waals surface area contributed by atoms with E-state index in [1.807, 2.05) is 12.1 Å². The quantitative estimate of drug-likeness (QED) is 0.773. The van der Waals surface area contributed by atoms with Crippen LogP contribution in [0, 0.1) is 0 Å². The van der Waals surface area contributed by atoms with E-state index in [4.69, 9.17) is 5.11 Å². The molecule has 1 aromatic rings. The van der Waals surface area contributed by atoms with Gasteiger partial charge in [0, 0.05) is 24.6 Å². The lowest BCUT2D eigenvalue weighted by molar-refractivity contribution is -0.137. The summed E-state index contributed by atoms with van der Waals surface area (Å²) in [6.07, 6.45) is -0.228. The highest BCUT2D eigenvalue weighted by atomic mass is 79.9. The van der Waals surface area contributed by atoms with Crippen LogP contribution in [0.3, 0.4) is 0 Å². The average Bonchev–Trinajstić information content (AvgIpc) is 2.33. The van der Waals surface area contributed by atoms with E-state index in [1.165, 1.54) is 7.05 Å². The Morgan fingerprint density at radius 2 is 2.16 bits per heavy atom. The minimum Gasteiger partial charge on any atom is -0.481 e. The van der Waals surface area contributed by atoms with E-state index in [0.717, 1.165) is 14.3 Å². The second-order valence-corrected chi connectivity index (χ2v) is 6.70. The molecule has 6 nitrogen and oxygen atoms in total. The van der Waals surface area contributed by atoms with Crippen LogP contribution in [0.2, 0.25) is 0 Å². The third-order valence-corrected chi connectivity index (χ3v) is 4.40. The molecule has 0 atom stereocenters. The monoisotopic (exact) mass is 350 g/mol. The number of rotatable bonds is 7. The molecule has 0 aromatic heterocycles. The summed E-state index contributed by atoms with van der Waals surface area (Å²) in [7, 11) is -2.32. The Morgan fingerprint density at radius 3 is 2.74 bits per heavy atom. The third-order valence-electron chi connectivity index (χ3n) is 2.40. The van der Waals surface area contributed by atoms with Gasteiger partial charge in [0.15, 0.2) is 0 Å². The molecule has 1 aromatic carbocycles. The van der Waals surface area contributed by atoms with Gasteiger partial charge >= 0.3 is 5.97 Å². The van der Waals surface area contributed by atoms with Crippen molar-refractivity contribution in [2.75, 3.05) is 13.6 Å². The van der Waals surface area contributed by atoms with Gasteiger partial charge in [-0.25, -0.2) is 0 Å². The minimum absolute atomic E-state index is 0.0663. The van der Waals surface area contributed by atoms with Crippen LogP contribution in [-0.4, -0.2) is 37.4 Å². The van der Waals surface area contributed by atoms with Crippen molar-refractivity contribution < 1.29 is 18.3 Å². The number of hydrogen-bond donors (Lipinski definition) is 2. The maximum absolute atomic E-state index is 11.8. The molecule has 106 valence electrons. The number of nitrogens with zero attached hydrogens (tertiary/aromatic N) is 1. The van der Waals surface area contributed by atoms with Crippen molar-refractivity contribution in [3.63, 3.8) is 0 Å². The summed E-state index contributed by atoms with van der Waals surface area (Å²) in [5.74, 6) is -1.03. The van der Waals surface area contributed by atoms with E-state index in [2.05, 4.69) is 20.7 Å². The van der Waals surface area contributed by atoms with Gasteiger partial charge in [-0.05, 0) is 17.7 Å². The Morgan fingerprint density at radius 1 is 1.47 bits per heavy atom. The van der Waals surface area contributed by atoms with Crippen LogP contribution in [-0.2, 0) is 21.5 Å². The molecule has 0 aliphatic rings. The summed E-state index contributed by atoms with van der Waals surface area (Å²) < 4.78 is 27.9. The van der Waals surface area contributed by atoms with Gasteiger partial charge in [-0.2, -0.15) is 17.4 Å². The van der Waals surface area contributed by atoms with Crippen molar-refractivity contribution in [2.24, 2.45) is 0 Å². The smallest absolute Gasteiger partial charge is 0.304 e. The maximum Gasteiger partial charge on any atom is 0.304 e. The molecule has 0 aliphatic carbocycles. The fourth-order valence-electron chi connectivity index (χ4n) is 1.30. The Hall–Kier alpha value is -0.960. The molecule has 1 rings (SSSR count). The van der Waals surface area contributed by atoms with Crippen LogP contribution in [0.4, 0.5) is 0 Å². The van der Waals surface area contributed by atoms with Crippen molar-refractivity contribution in [1.82, 2.24) is 9.03 Å². The van der Waals surface area contributed by atoms with Gasteiger partial charge in [0.25, 0.3) is 10.2 Å². The molecule has 19 heavy (non-hydrogen) atoms. The zero-order chi connectivity index (χ0) is 14.5. The number of benzene rings is 1. The van der Waals surface area contributed by atoms with Gasteiger partial charge in [-0.3, -0.25) is 4.79 Å². The van der Waals surface area contributed by atoms with E-state index < -0.39 is 16.2 Å².